The lowest BCUT2D eigenvalue weighted by Gasteiger charge is -2.38. The molecule has 1 aromatic heterocycles. The van der Waals surface area contributed by atoms with Crippen LogP contribution in [-0.4, -0.2) is 46.8 Å². The van der Waals surface area contributed by atoms with Gasteiger partial charge >= 0.3 is 0 Å². The predicted molar refractivity (Wildman–Crippen MR) is 105 cm³/mol. The molecule has 2 saturated heterocycles. The number of hydrogen-bond donors (Lipinski definition) is 1. The summed E-state index contributed by atoms with van der Waals surface area (Å²) in [5.74, 6) is 0.137. The van der Waals surface area contributed by atoms with Crippen molar-refractivity contribution in [3.05, 3.63) is 47.3 Å². The van der Waals surface area contributed by atoms with Gasteiger partial charge in [0.15, 0.2) is 0 Å². The van der Waals surface area contributed by atoms with Gasteiger partial charge in [-0.15, -0.1) is 12.4 Å². The molecule has 2 aliphatic rings. The molecule has 0 atom stereocenters. The van der Waals surface area contributed by atoms with Gasteiger partial charge in [-0.3, -0.25) is 4.79 Å². The number of aromatic nitrogens is 2. The molecule has 0 radical (unpaired) electrons. The molecule has 1 spiro atoms. The number of carbonyl (C=O) groups excluding carboxylic acids is 1. The molecule has 0 unspecified atom stereocenters. The van der Waals surface area contributed by atoms with E-state index in [4.69, 9.17) is 0 Å². The van der Waals surface area contributed by atoms with Gasteiger partial charge in [-0.25, -0.2) is 4.68 Å². The fraction of sp³-hybridized carbons (Fsp3) is 0.500. The van der Waals surface area contributed by atoms with Gasteiger partial charge in [0, 0.05) is 19.6 Å². The maximum atomic E-state index is 13.1. The van der Waals surface area contributed by atoms with Crippen LogP contribution in [0.15, 0.2) is 30.3 Å². The van der Waals surface area contributed by atoms with Crippen molar-refractivity contribution in [2.75, 3.05) is 26.2 Å². The van der Waals surface area contributed by atoms with Crippen molar-refractivity contribution < 1.29 is 4.79 Å². The van der Waals surface area contributed by atoms with Crippen LogP contribution in [0.2, 0.25) is 0 Å². The fourth-order valence-electron chi connectivity index (χ4n) is 4.34. The molecule has 26 heavy (non-hydrogen) atoms. The van der Waals surface area contributed by atoms with Crippen molar-refractivity contribution in [2.45, 2.75) is 33.1 Å². The van der Waals surface area contributed by atoms with E-state index in [1.54, 1.807) is 0 Å². The molecule has 0 aliphatic carbocycles. The number of aryl methyl sites for hydroxylation is 1. The summed E-state index contributed by atoms with van der Waals surface area (Å²) < 4.78 is 1.88. The third-order valence-electron chi connectivity index (χ3n) is 5.95. The lowest BCUT2D eigenvalue weighted by atomic mass is 9.78. The third-order valence-corrected chi connectivity index (χ3v) is 5.95. The summed E-state index contributed by atoms with van der Waals surface area (Å²) in [5.41, 5.74) is 3.93. The number of likely N-dealkylation sites (tertiary alicyclic amines) is 1. The molecule has 1 N–H and O–H groups in total. The Labute approximate surface area is 161 Å². The highest BCUT2D eigenvalue weighted by Crippen LogP contribution is 2.37. The Balaban J connectivity index is 0.00000196. The summed E-state index contributed by atoms with van der Waals surface area (Å²) in [5, 5.41) is 8.11. The number of piperidine rings is 1. The van der Waals surface area contributed by atoms with Crippen LogP contribution in [0.1, 0.15) is 41.0 Å². The van der Waals surface area contributed by atoms with Crippen molar-refractivity contribution in [3.63, 3.8) is 0 Å². The third kappa shape index (κ3) is 3.26. The van der Waals surface area contributed by atoms with E-state index in [2.05, 4.69) is 10.4 Å². The van der Waals surface area contributed by atoms with Gasteiger partial charge in [0.1, 0.15) is 0 Å². The molecule has 2 aliphatic heterocycles. The van der Waals surface area contributed by atoms with Crippen LogP contribution < -0.4 is 5.32 Å². The molecule has 2 aromatic rings. The average Bonchev–Trinajstić information content (AvgIpc) is 3.20. The Morgan fingerprint density at radius 1 is 1.12 bits per heavy atom. The summed E-state index contributed by atoms with van der Waals surface area (Å²) in [7, 11) is 0. The van der Waals surface area contributed by atoms with Crippen molar-refractivity contribution >= 4 is 18.3 Å². The fourth-order valence-corrected chi connectivity index (χ4v) is 4.34. The topological polar surface area (TPSA) is 50.2 Å². The highest BCUT2D eigenvalue weighted by molar-refractivity contribution is 5.96. The summed E-state index contributed by atoms with van der Waals surface area (Å²) in [6.45, 7) is 7.87. The van der Waals surface area contributed by atoms with Gasteiger partial charge in [0.25, 0.3) is 5.91 Å². The second-order valence-electron chi connectivity index (χ2n) is 7.51. The van der Waals surface area contributed by atoms with Gasteiger partial charge < -0.3 is 10.2 Å². The van der Waals surface area contributed by atoms with E-state index < -0.39 is 0 Å². The van der Waals surface area contributed by atoms with E-state index in [0.29, 0.717) is 5.41 Å². The predicted octanol–water partition coefficient (Wildman–Crippen LogP) is 3.13. The lowest BCUT2D eigenvalue weighted by molar-refractivity contribution is 0.0606. The molecule has 0 saturated carbocycles. The first-order chi connectivity index (χ1) is 12.1. The number of hydrogen-bond acceptors (Lipinski definition) is 3. The first-order valence-corrected chi connectivity index (χ1v) is 9.21. The molecular formula is C20H27ClN4O. The molecule has 140 valence electrons. The van der Waals surface area contributed by atoms with Gasteiger partial charge in [-0.05, 0) is 57.2 Å². The van der Waals surface area contributed by atoms with Crippen LogP contribution in [0, 0.1) is 19.3 Å². The first kappa shape index (κ1) is 18.9. The zero-order valence-corrected chi connectivity index (χ0v) is 16.3. The first-order valence-electron chi connectivity index (χ1n) is 9.21. The molecule has 5 nitrogen and oxygen atoms in total. The van der Waals surface area contributed by atoms with Crippen molar-refractivity contribution in [2.24, 2.45) is 5.41 Å². The molecule has 1 aromatic carbocycles. The minimum Gasteiger partial charge on any atom is -0.338 e. The number of carbonyl (C=O) groups is 1. The van der Waals surface area contributed by atoms with Crippen molar-refractivity contribution in [3.8, 4) is 5.69 Å². The Hall–Kier alpha value is -1.85. The number of halogens is 1. The van der Waals surface area contributed by atoms with Crippen LogP contribution in [-0.2, 0) is 0 Å². The van der Waals surface area contributed by atoms with Crippen LogP contribution in [0.25, 0.3) is 5.69 Å². The monoisotopic (exact) mass is 374 g/mol. The number of para-hydroxylation sites is 1. The second kappa shape index (κ2) is 7.41. The lowest BCUT2D eigenvalue weighted by Crippen LogP contribution is -2.44. The highest BCUT2D eigenvalue weighted by atomic mass is 35.5. The molecule has 6 heteroatoms. The van der Waals surface area contributed by atoms with Gasteiger partial charge in [-0.2, -0.15) is 5.10 Å². The Morgan fingerprint density at radius 3 is 2.42 bits per heavy atom. The Morgan fingerprint density at radius 2 is 1.81 bits per heavy atom. The summed E-state index contributed by atoms with van der Waals surface area (Å²) in [4.78, 5) is 15.2. The summed E-state index contributed by atoms with van der Waals surface area (Å²) in [6.07, 6.45) is 3.46. The van der Waals surface area contributed by atoms with Gasteiger partial charge in [-0.1, -0.05) is 18.2 Å². The minimum absolute atomic E-state index is 0. The van der Waals surface area contributed by atoms with Crippen LogP contribution in [0.5, 0.6) is 0 Å². The van der Waals surface area contributed by atoms with E-state index in [-0.39, 0.29) is 18.3 Å². The highest BCUT2D eigenvalue weighted by Gasteiger charge is 2.38. The largest absolute Gasteiger partial charge is 0.338 e. The number of benzene rings is 1. The standard InChI is InChI=1S/C20H26N4O.ClH/c1-15-18(16(2)24(22-15)17-6-4-3-5-7-17)19(25)23-12-9-20(10-13-23)8-11-21-14-20;/h3-7,21H,8-14H2,1-2H3;1H. The average molecular weight is 375 g/mol. The Bertz CT molecular complexity index is 771. The second-order valence-corrected chi connectivity index (χ2v) is 7.51. The number of nitrogens with zero attached hydrogens (tertiary/aromatic N) is 3. The van der Waals surface area contributed by atoms with Crippen LogP contribution in [0.3, 0.4) is 0 Å². The number of amides is 1. The van der Waals surface area contributed by atoms with E-state index in [0.717, 1.165) is 61.7 Å². The maximum Gasteiger partial charge on any atom is 0.257 e. The van der Waals surface area contributed by atoms with E-state index in [9.17, 15) is 4.79 Å². The maximum absolute atomic E-state index is 13.1. The molecule has 3 heterocycles. The van der Waals surface area contributed by atoms with E-state index in [1.165, 1.54) is 6.42 Å². The molecule has 2 fully saturated rings. The summed E-state index contributed by atoms with van der Waals surface area (Å²) >= 11 is 0. The number of rotatable bonds is 2. The normalized spacial score (nSPS) is 18.8. The molecule has 4 rings (SSSR count). The zero-order chi connectivity index (χ0) is 17.4. The van der Waals surface area contributed by atoms with Crippen molar-refractivity contribution in [1.29, 1.82) is 0 Å². The zero-order valence-electron chi connectivity index (χ0n) is 15.5. The number of nitrogens with one attached hydrogen (secondary N) is 1. The van der Waals surface area contributed by atoms with Crippen LogP contribution in [0.4, 0.5) is 0 Å². The van der Waals surface area contributed by atoms with Gasteiger partial charge in [0.05, 0.1) is 22.6 Å². The quantitative estimate of drug-likeness (QED) is 0.878. The van der Waals surface area contributed by atoms with Gasteiger partial charge in [0.2, 0.25) is 0 Å². The Kier molecular flexibility index (Phi) is 5.39. The molecular weight excluding hydrogens is 348 g/mol. The smallest absolute Gasteiger partial charge is 0.257 e. The SMILES string of the molecule is Cc1nn(-c2ccccc2)c(C)c1C(=O)N1CCC2(CCNC2)CC1.Cl. The summed E-state index contributed by atoms with van der Waals surface area (Å²) in [6, 6.07) is 10.0. The van der Waals surface area contributed by atoms with Crippen LogP contribution >= 0.6 is 12.4 Å². The van der Waals surface area contributed by atoms with E-state index in [1.807, 2.05) is 53.8 Å². The molecule has 0 bridgehead atoms. The molecule has 1 amide bonds. The van der Waals surface area contributed by atoms with E-state index >= 15 is 0 Å². The minimum atomic E-state index is 0. The van der Waals surface area contributed by atoms with Crippen molar-refractivity contribution in [1.82, 2.24) is 20.0 Å².